The Morgan fingerprint density at radius 2 is 2.08 bits per heavy atom. The highest BCUT2D eigenvalue weighted by atomic mass is 32.2. The fraction of sp³-hybridized carbons (Fsp3) is 0.278. The van der Waals surface area contributed by atoms with Gasteiger partial charge in [-0.05, 0) is 36.7 Å². The molecule has 3 aromatic rings. The van der Waals surface area contributed by atoms with Gasteiger partial charge in [0, 0.05) is 18.4 Å². The van der Waals surface area contributed by atoms with E-state index in [2.05, 4.69) is 19.5 Å². The molecule has 130 valence electrons. The van der Waals surface area contributed by atoms with E-state index in [0.717, 1.165) is 18.0 Å². The first kappa shape index (κ1) is 16.5. The molecule has 8 heteroatoms. The number of methoxy groups -OCH3 is 1. The van der Waals surface area contributed by atoms with Gasteiger partial charge < -0.3 is 9.30 Å². The number of benzene rings is 1. The van der Waals surface area contributed by atoms with Gasteiger partial charge in [0.1, 0.15) is 10.7 Å². The minimum Gasteiger partial charge on any atom is -0.468 e. The number of carbonyl (C=O) groups excluding carboxylic acids is 1. The molecular formula is C18H15N5O2S. The van der Waals surface area contributed by atoms with Crippen molar-refractivity contribution in [2.75, 3.05) is 7.11 Å². The van der Waals surface area contributed by atoms with Crippen LogP contribution in [0.3, 0.4) is 0 Å². The summed E-state index contributed by atoms with van der Waals surface area (Å²) in [6.45, 7) is 0. The number of para-hydroxylation sites is 2. The van der Waals surface area contributed by atoms with E-state index in [0.29, 0.717) is 27.8 Å². The second-order valence-electron chi connectivity index (χ2n) is 5.94. The maximum Gasteiger partial charge on any atom is 0.329 e. The minimum absolute atomic E-state index is 0.299. The predicted molar refractivity (Wildman–Crippen MR) is 94.5 cm³/mol. The molecule has 0 radical (unpaired) electrons. The van der Waals surface area contributed by atoms with E-state index in [4.69, 9.17) is 4.74 Å². The first-order valence-electron chi connectivity index (χ1n) is 8.16. The van der Waals surface area contributed by atoms with Crippen molar-refractivity contribution < 1.29 is 9.53 Å². The lowest BCUT2D eigenvalue weighted by molar-refractivity contribution is -0.141. The number of rotatable bonds is 5. The Hall–Kier alpha value is -2.92. The summed E-state index contributed by atoms with van der Waals surface area (Å²) in [7, 11) is 1.26. The summed E-state index contributed by atoms with van der Waals surface area (Å²) in [5.41, 5.74) is 1.62. The Bertz CT molecular complexity index is 1020. The number of hydrogen-bond acceptors (Lipinski definition) is 7. The van der Waals surface area contributed by atoms with Crippen LogP contribution in [0.2, 0.25) is 0 Å². The molecular weight excluding hydrogens is 350 g/mol. The van der Waals surface area contributed by atoms with Crippen LogP contribution in [0, 0.1) is 11.3 Å². The third-order valence-electron chi connectivity index (χ3n) is 4.16. The summed E-state index contributed by atoms with van der Waals surface area (Å²) in [6, 6.07) is 9.81. The predicted octanol–water partition coefficient (Wildman–Crippen LogP) is 3.09. The monoisotopic (exact) mass is 365 g/mol. The van der Waals surface area contributed by atoms with Crippen molar-refractivity contribution in [2.24, 2.45) is 0 Å². The number of fused-ring (bicyclic) bond motifs is 1. The number of esters is 1. The lowest BCUT2D eigenvalue weighted by atomic mass is 10.1. The van der Waals surface area contributed by atoms with Crippen LogP contribution in [-0.4, -0.2) is 32.6 Å². The molecule has 0 bridgehead atoms. The molecule has 0 spiro atoms. The van der Waals surface area contributed by atoms with Crippen molar-refractivity contribution in [1.82, 2.24) is 19.5 Å². The van der Waals surface area contributed by atoms with E-state index in [1.165, 1.54) is 18.9 Å². The Balaban J connectivity index is 1.83. The standard InChI is InChI=1S/C18H15N5O2S/c1-25-17(24)12(10-19)15-16(22-14-5-3-2-4-13(14)21-15)26-18-20-8-9-23(18)11-6-7-11/h2-5,8-9,11-12H,6-7H2,1H3. The SMILES string of the molecule is COC(=O)C(C#N)c1nc2ccccc2nc1Sc1nccn1C1CC1. The lowest BCUT2D eigenvalue weighted by Gasteiger charge is -2.13. The van der Waals surface area contributed by atoms with Gasteiger partial charge >= 0.3 is 5.97 Å². The number of imidazole rings is 1. The second-order valence-corrected chi connectivity index (χ2v) is 6.89. The van der Waals surface area contributed by atoms with Crippen molar-refractivity contribution >= 4 is 28.8 Å². The molecule has 1 aliphatic rings. The first-order valence-corrected chi connectivity index (χ1v) is 8.97. The Kier molecular flexibility index (Phi) is 4.31. The fourth-order valence-electron chi connectivity index (χ4n) is 2.70. The van der Waals surface area contributed by atoms with Crippen molar-refractivity contribution in [1.29, 1.82) is 5.26 Å². The van der Waals surface area contributed by atoms with Gasteiger partial charge in [0.15, 0.2) is 11.1 Å². The smallest absolute Gasteiger partial charge is 0.329 e. The number of nitrogens with zero attached hydrogens (tertiary/aromatic N) is 5. The molecule has 0 saturated heterocycles. The van der Waals surface area contributed by atoms with Crippen LogP contribution in [0.15, 0.2) is 46.8 Å². The van der Waals surface area contributed by atoms with Crippen LogP contribution in [0.25, 0.3) is 11.0 Å². The second kappa shape index (κ2) is 6.77. The van der Waals surface area contributed by atoms with Gasteiger partial charge in [-0.2, -0.15) is 5.26 Å². The molecule has 26 heavy (non-hydrogen) atoms. The normalized spacial score (nSPS) is 14.8. The third-order valence-corrected chi connectivity index (χ3v) is 5.16. The average molecular weight is 365 g/mol. The Morgan fingerprint density at radius 3 is 2.73 bits per heavy atom. The third kappa shape index (κ3) is 3.02. The van der Waals surface area contributed by atoms with E-state index >= 15 is 0 Å². The molecule has 1 atom stereocenters. The summed E-state index contributed by atoms with van der Waals surface area (Å²) in [5, 5.41) is 10.8. The molecule has 1 fully saturated rings. The van der Waals surface area contributed by atoms with Gasteiger partial charge in [0.05, 0.1) is 24.2 Å². The van der Waals surface area contributed by atoms with Gasteiger partial charge in [-0.3, -0.25) is 4.79 Å². The minimum atomic E-state index is -1.14. The van der Waals surface area contributed by atoms with Crippen LogP contribution >= 0.6 is 11.8 Å². The summed E-state index contributed by atoms with van der Waals surface area (Å²) in [5.74, 6) is -1.78. The van der Waals surface area contributed by atoms with Gasteiger partial charge in [-0.1, -0.05) is 12.1 Å². The molecule has 2 aromatic heterocycles. The number of ether oxygens (including phenoxy) is 1. The van der Waals surface area contributed by atoms with Crippen molar-refractivity contribution in [2.45, 2.75) is 35.0 Å². The van der Waals surface area contributed by atoms with Crippen molar-refractivity contribution in [3.63, 3.8) is 0 Å². The van der Waals surface area contributed by atoms with Gasteiger partial charge in [0.2, 0.25) is 0 Å². The zero-order chi connectivity index (χ0) is 18.1. The van der Waals surface area contributed by atoms with Crippen molar-refractivity contribution in [3.8, 4) is 6.07 Å². The summed E-state index contributed by atoms with van der Waals surface area (Å²) >= 11 is 1.32. The Labute approximate surface area is 154 Å². The molecule has 0 aliphatic heterocycles. The number of aromatic nitrogens is 4. The lowest BCUT2D eigenvalue weighted by Crippen LogP contribution is -2.16. The molecule has 1 unspecified atom stereocenters. The van der Waals surface area contributed by atoms with Crippen LogP contribution in [0.4, 0.5) is 0 Å². The van der Waals surface area contributed by atoms with Crippen LogP contribution < -0.4 is 0 Å². The quantitative estimate of drug-likeness (QED) is 0.641. The highest BCUT2D eigenvalue weighted by Crippen LogP contribution is 2.40. The molecule has 1 aromatic carbocycles. The molecule has 1 aliphatic carbocycles. The van der Waals surface area contributed by atoms with E-state index in [-0.39, 0.29) is 0 Å². The van der Waals surface area contributed by atoms with E-state index < -0.39 is 11.9 Å². The highest BCUT2D eigenvalue weighted by Gasteiger charge is 2.30. The average Bonchev–Trinajstić information content (AvgIpc) is 3.41. The number of hydrogen-bond donors (Lipinski definition) is 0. The van der Waals surface area contributed by atoms with Crippen molar-refractivity contribution in [3.05, 3.63) is 42.4 Å². The molecule has 0 N–H and O–H groups in total. The van der Waals surface area contributed by atoms with E-state index in [1.54, 1.807) is 12.3 Å². The number of nitriles is 1. The van der Waals surface area contributed by atoms with E-state index in [9.17, 15) is 10.1 Å². The highest BCUT2D eigenvalue weighted by molar-refractivity contribution is 7.99. The van der Waals surface area contributed by atoms with E-state index in [1.807, 2.05) is 30.5 Å². The summed E-state index contributed by atoms with van der Waals surface area (Å²) < 4.78 is 6.87. The Morgan fingerprint density at radius 1 is 1.35 bits per heavy atom. The topological polar surface area (TPSA) is 93.7 Å². The van der Waals surface area contributed by atoms with Crippen LogP contribution in [0.1, 0.15) is 30.5 Å². The molecule has 1 saturated carbocycles. The summed E-state index contributed by atoms with van der Waals surface area (Å²) in [4.78, 5) is 25.7. The maximum atomic E-state index is 12.1. The van der Waals surface area contributed by atoms with Crippen LogP contribution in [-0.2, 0) is 9.53 Å². The van der Waals surface area contributed by atoms with Crippen LogP contribution in [0.5, 0.6) is 0 Å². The summed E-state index contributed by atoms with van der Waals surface area (Å²) in [6.07, 6.45) is 5.94. The first-order chi connectivity index (χ1) is 12.7. The fourth-order valence-corrected chi connectivity index (χ4v) is 3.71. The largest absolute Gasteiger partial charge is 0.468 e. The van der Waals surface area contributed by atoms with Gasteiger partial charge in [-0.15, -0.1) is 0 Å². The zero-order valence-corrected chi connectivity index (χ0v) is 14.8. The molecule has 7 nitrogen and oxygen atoms in total. The molecule has 0 amide bonds. The van der Waals surface area contributed by atoms with Gasteiger partial charge in [0.25, 0.3) is 0 Å². The zero-order valence-electron chi connectivity index (χ0n) is 14.0. The molecule has 4 rings (SSSR count). The number of carbonyl (C=O) groups is 1. The van der Waals surface area contributed by atoms with Gasteiger partial charge in [-0.25, -0.2) is 15.0 Å². The maximum absolute atomic E-state index is 12.1. The molecule has 2 heterocycles.